The van der Waals surface area contributed by atoms with Gasteiger partial charge in [-0.2, -0.15) is 25.7 Å². The molecule has 3 aliphatic rings. The molecule has 16 heteroatoms. The number of fused-ring (bicyclic) bond motifs is 2. The van der Waals surface area contributed by atoms with Gasteiger partial charge in [-0.15, -0.1) is 0 Å². The summed E-state index contributed by atoms with van der Waals surface area (Å²) in [6, 6.07) is 12.8. The minimum absolute atomic E-state index is 0.216. The Balaban J connectivity index is 1.46. The molecule has 0 aromatic heterocycles. The van der Waals surface area contributed by atoms with E-state index < -0.39 is 25.7 Å². The molecule has 2 N–H and O–H groups in total. The third-order valence-electron chi connectivity index (χ3n) is 9.89. The van der Waals surface area contributed by atoms with Crippen molar-refractivity contribution in [2.75, 3.05) is 36.1 Å². The van der Waals surface area contributed by atoms with Gasteiger partial charge in [0.25, 0.3) is 20.2 Å². The molecule has 5 rings (SSSR count). The van der Waals surface area contributed by atoms with Gasteiger partial charge >= 0.3 is 0 Å². The number of nitrogens with zero attached hydrogens (tertiary/aromatic N) is 2. The summed E-state index contributed by atoms with van der Waals surface area (Å²) in [5.41, 5.74) is 5.54. The van der Waals surface area contributed by atoms with E-state index in [-0.39, 0.29) is 22.5 Å². The van der Waals surface area contributed by atoms with Crippen LogP contribution in [0, 0.1) is 0 Å². The van der Waals surface area contributed by atoms with Crippen molar-refractivity contribution in [2.45, 2.75) is 75.5 Å². The second-order valence-corrected chi connectivity index (χ2v) is 18.3. The van der Waals surface area contributed by atoms with Crippen LogP contribution in [0.25, 0.3) is 0 Å². The number of unbranched alkanes of at least 4 members (excludes halogenated alkanes) is 2. The molecule has 2 aromatic rings. The third-order valence-corrected chi connectivity index (χ3v) is 12.6. The molecule has 3 aliphatic heterocycles. The summed E-state index contributed by atoms with van der Waals surface area (Å²) < 4.78 is 78.5. The monoisotopic (exact) mass is 808 g/mol. The first-order valence-electron chi connectivity index (χ1n) is 17.3. The molecule has 0 bridgehead atoms. The Kier molecular flexibility index (Phi) is 13.1. The molecule has 53 heavy (non-hydrogen) atoms. The second-order valence-electron chi connectivity index (χ2n) is 14.1. The molecular weight excluding hydrogens is 764 g/mol. The lowest BCUT2D eigenvalue weighted by molar-refractivity contribution is -0.777. The minimum atomic E-state index is -4.45. The highest BCUT2D eigenvalue weighted by atomic mass is 35.5. The van der Waals surface area contributed by atoms with E-state index in [9.17, 15) is 31.2 Å². The number of hydrogen-bond acceptors (Lipinski definition) is 10. The summed E-state index contributed by atoms with van der Waals surface area (Å²) in [4.78, 5) is 1.79. The quantitative estimate of drug-likeness (QED) is 0.0463. The SMILES string of the molecule is CC1(C)C(/C=C/C2=C(Cl)C(=C/C=C3/N(CCCCS(=O)(=O)O)c4ccc(S(=O)(=O)O)cc4C3(C)C)/CCO2)=[N+](CCCCSOO[O-])c2ccccc21. The van der Waals surface area contributed by atoms with Gasteiger partial charge in [-0.05, 0) is 74.6 Å². The maximum Gasteiger partial charge on any atom is 0.294 e. The number of allylic oxidation sites excluding steroid dienone is 6. The van der Waals surface area contributed by atoms with Gasteiger partial charge in [0.1, 0.15) is 12.3 Å². The number of benzene rings is 2. The molecule has 2 aromatic carbocycles. The molecule has 0 radical (unpaired) electrons. The maximum atomic E-state index is 12.0. The fourth-order valence-corrected chi connectivity index (χ4v) is 8.97. The first-order valence-corrected chi connectivity index (χ1v) is 21.6. The van der Waals surface area contributed by atoms with Gasteiger partial charge in [-0.3, -0.25) is 14.1 Å². The van der Waals surface area contributed by atoms with Crippen molar-refractivity contribution in [1.29, 1.82) is 0 Å². The van der Waals surface area contributed by atoms with Crippen molar-refractivity contribution in [2.24, 2.45) is 0 Å². The van der Waals surface area contributed by atoms with Crippen molar-refractivity contribution in [3.05, 3.63) is 100.0 Å². The van der Waals surface area contributed by atoms with Crippen molar-refractivity contribution in [1.82, 2.24) is 0 Å². The molecule has 288 valence electrons. The Hall–Kier alpha value is -2.99. The topological polar surface area (TPSA) is 166 Å². The van der Waals surface area contributed by atoms with E-state index in [4.69, 9.17) is 16.3 Å². The first-order chi connectivity index (χ1) is 25.0. The van der Waals surface area contributed by atoms with Gasteiger partial charge in [0.2, 0.25) is 5.69 Å². The average Bonchev–Trinajstić information content (AvgIpc) is 3.44. The van der Waals surface area contributed by atoms with Crippen LogP contribution in [0.15, 0.2) is 93.7 Å². The summed E-state index contributed by atoms with van der Waals surface area (Å²) >= 11 is 8.00. The first kappa shape index (κ1) is 41.2. The molecule has 0 saturated carbocycles. The zero-order valence-electron chi connectivity index (χ0n) is 30.1. The van der Waals surface area contributed by atoms with Gasteiger partial charge in [0.15, 0.2) is 5.71 Å². The maximum absolute atomic E-state index is 12.0. The van der Waals surface area contributed by atoms with Crippen LogP contribution in [-0.2, 0) is 45.2 Å². The van der Waals surface area contributed by atoms with Crippen LogP contribution in [-0.4, -0.2) is 67.4 Å². The van der Waals surface area contributed by atoms with E-state index in [0.717, 1.165) is 59.8 Å². The van der Waals surface area contributed by atoms with Crippen molar-refractivity contribution < 1.29 is 49.9 Å². The Morgan fingerprint density at radius 2 is 1.74 bits per heavy atom. The van der Waals surface area contributed by atoms with E-state index in [2.05, 4.69) is 46.0 Å². The van der Waals surface area contributed by atoms with E-state index in [1.807, 2.05) is 49.1 Å². The zero-order chi connectivity index (χ0) is 38.6. The molecule has 12 nitrogen and oxygen atoms in total. The van der Waals surface area contributed by atoms with Crippen LogP contribution in [0.5, 0.6) is 0 Å². The number of halogens is 1. The Morgan fingerprint density at radius 3 is 2.45 bits per heavy atom. The van der Waals surface area contributed by atoms with Crippen LogP contribution in [0.2, 0.25) is 0 Å². The Morgan fingerprint density at radius 1 is 0.981 bits per heavy atom. The molecule has 0 atom stereocenters. The summed E-state index contributed by atoms with van der Waals surface area (Å²) in [6.45, 7) is 9.84. The highest BCUT2D eigenvalue weighted by Crippen LogP contribution is 2.49. The second kappa shape index (κ2) is 16.8. The van der Waals surface area contributed by atoms with Crippen LogP contribution < -0.4 is 10.2 Å². The van der Waals surface area contributed by atoms with Gasteiger partial charge in [-0.25, -0.2) is 0 Å². The lowest BCUT2D eigenvalue weighted by Gasteiger charge is -2.27. The standard InChI is InChI=1S/C37H45ClN2O10S3/c1-36(2)28-11-5-6-12-30(28)39(20-7-9-23-51-50-49-41)34(36)18-16-32-35(38)26(19-22-48-32)13-17-33-37(3,4)29-25-27(53(45,46)47)14-15-31(29)40(33)21-8-10-24-52(42,43)44/h5-6,11-18,25H,7-10,19-24H2,1-4H3,(H2-,41,42,43,44,45,46,47). The highest BCUT2D eigenvalue weighted by Gasteiger charge is 2.44. The molecular formula is C37H45ClN2O10S3. The van der Waals surface area contributed by atoms with Crippen LogP contribution in [0.1, 0.15) is 70.9 Å². The predicted octanol–water partition coefficient (Wildman–Crippen LogP) is 6.66. The normalized spacial score (nSPS) is 19.8. The van der Waals surface area contributed by atoms with E-state index in [0.29, 0.717) is 48.1 Å². The summed E-state index contributed by atoms with van der Waals surface area (Å²) in [7, 11) is -8.56. The molecule has 0 amide bonds. The highest BCUT2D eigenvalue weighted by molar-refractivity contribution is 7.94. The summed E-state index contributed by atoms with van der Waals surface area (Å²) in [5, 5.41) is 14.0. The zero-order valence-corrected chi connectivity index (χ0v) is 33.3. The Bertz CT molecular complexity index is 2090. The van der Waals surface area contributed by atoms with Gasteiger partial charge in [0, 0.05) is 71.7 Å². The van der Waals surface area contributed by atoms with Crippen molar-refractivity contribution in [3.8, 4) is 0 Å². The molecule has 3 heterocycles. The number of hydrogen-bond donors (Lipinski definition) is 2. The largest absolute Gasteiger partial charge is 0.691 e. The lowest BCUT2D eigenvalue weighted by Crippen LogP contribution is -2.28. The predicted molar refractivity (Wildman–Crippen MR) is 204 cm³/mol. The Labute approximate surface area is 321 Å². The number of rotatable bonds is 16. The van der Waals surface area contributed by atoms with Crippen LogP contribution in [0.3, 0.4) is 0 Å². The van der Waals surface area contributed by atoms with Crippen LogP contribution >= 0.6 is 23.6 Å². The van der Waals surface area contributed by atoms with E-state index >= 15 is 0 Å². The lowest BCUT2D eigenvalue weighted by atomic mass is 9.81. The number of ether oxygens (including phenoxy) is 1. The molecule has 0 spiro atoms. The fraction of sp³-hybridized carbons (Fsp3) is 0.432. The molecule has 0 aliphatic carbocycles. The minimum Gasteiger partial charge on any atom is -0.691 e. The van der Waals surface area contributed by atoms with E-state index in [1.54, 1.807) is 6.07 Å². The number of para-hydroxylation sites is 1. The average molecular weight is 809 g/mol. The van der Waals surface area contributed by atoms with Crippen molar-refractivity contribution >= 4 is 61.0 Å². The summed E-state index contributed by atoms with van der Waals surface area (Å²) in [6.07, 6.45) is 10.7. The fourth-order valence-electron chi connectivity index (χ4n) is 7.19. The van der Waals surface area contributed by atoms with Gasteiger partial charge in [0.05, 0.1) is 27.7 Å². The number of anilines is 1. The van der Waals surface area contributed by atoms with Gasteiger partial charge in [-0.1, -0.05) is 49.7 Å². The smallest absolute Gasteiger partial charge is 0.294 e. The molecule has 0 unspecified atom stereocenters. The van der Waals surface area contributed by atoms with Crippen LogP contribution in [0.4, 0.5) is 11.4 Å². The van der Waals surface area contributed by atoms with E-state index in [1.165, 1.54) is 17.7 Å². The van der Waals surface area contributed by atoms with Gasteiger partial charge < -0.3 is 14.9 Å². The summed E-state index contributed by atoms with van der Waals surface area (Å²) in [5.74, 6) is 0.781. The third kappa shape index (κ3) is 9.46. The molecule has 0 fully saturated rings. The van der Waals surface area contributed by atoms with Crippen molar-refractivity contribution in [3.63, 3.8) is 0 Å². The molecule has 0 saturated heterocycles.